The van der Waals surface area contributed by atoms with E-state index in [2.05, 4.69) is 42.5 Å². The van der Waals surface area contributed by atoms with Crippen LogP contribution < -0.4 is 0 Å². The minimum atomic E-state index is -0.301. The van der Waals surface area contributed by atoms with Crippen molar-refractivity contribution >= 4 is 22.6 Å². The van der Waals surface area contributed by atoms with Gasteiger partial charge in [-0.05, 0) is 52.6 Å². The molecule has 0 saturated heterocycles. The van der Waals surface area contributed by atoms with E-state index in [1.54, 1.807) is 0 Å². The molecule has 0 fully saturated rings. The molecule has 2 heteroatoms. The lowest BCUT2D eigenvalue weighted by molar-refractivity contribution is 0.141. The number of halogens is 1. The molecule has 0 aromatic heterocycles. The van der Waals surface area contributed by atoms with Crippen molar-refractivity contribution in [2.45, 2.75) is 39.2 Å². The first-order valence-corrected chi connectivity index (χ1v) is 6.68. The second kappa shape index (κ2) is 6.48. The van der Waals surface area contributed by atoms with Gasteiger partial charge in [-0.3, -0.25) is 0 Å². The van der Waals surface area contributed by atoms with Gasteiger partial charge in [0.25, 0.3) is 0 Å². The molecule has 1 rings (SSSR count). The molecule has 0 heterocycles. The molecule has 0 aliphatic rings. The second-order valence-corrected chi connectivity index (χ2v) is 5.23. The quantitative estimate of drug-likeness (QED) is 0.809. The van der Waals surface area contributed by atoms with Crippen LogP contribution in [0.15, 0.2) is 24.3 Å². The Morgan fingerprint density at radius 2 is 1.93 bits per heavy atom. The highest BCUT2D eigenvalue weighted by atomic mass is 127. The Bertz CT molecular complexity index is 294. The van der Waals surface area contributed by atoms with Gasteiger partial charge in [-0.1, -0.05) is 38.8 Å². The average molecular weight is 318 g/mol. The maximum absolute atomic E-state index is 10.1. The van der Waals surface area contributed by atoms with Gasteiger partial charge < -0.3 is 5.11 Å². The summed E-state index contributed by atoms with van der Waals surface area (Å²) in [7, 11) is 0. The van der Waals surface area contributed by atoms with Gasteiger partial charge in [0, 0.05) is 3.57 Å². The SMILES string of the molecule is CCC(CC)CC(O)c1cccc(I)c1. The normalized spacial score (nSPS) is 13.1. The van der Waals surface area contributed by atoms with E-state index in [1.807, 2.05) is 18.2 Å². The van der Waals surface area contributed by atoms with Gasteiger partial charge in [0.1, 0.15) is 0 Å². The molecule has 0 aliphatic carbocycles. The Morgan fingerprint density at radius 3 is 2.47 bits per heavy atom. The van der Waals surface area contributed by atoms with Crippen LogP contribution in [0.2, 0.25) is 0 Å². The predicted molar refractivity (Wildman–Crippen MR) is 72.8 cm³/mol. The van der Waals surface area contributed by atoms with Crippen molar-refractivity contribution < 1.29 is 5.11 Å². The van der Waals surface area contributed by atoms with Gasteiger partial charge in [0.05, 0.1) is 6.10 Å². The second-order valence-electron chi connectivity index (χ2n) is 3.99. The van der Waals surface area contributed by atoms with Crippen molar-refractivity contribution in [3.8, 4) is 0 Å². The Balaban J connectivity index is 2.64. The summed E-state index contributed by atoms with van der Waals surface area (Å²) in [5, 5.41) is 10.1. The summed E-state index contributed by atoms with van der Waals surface area (Å²) in [6.45, 7) is 4.38. The predicted octanol–water partition coefficient (Wildman–Crippen LogP) is 4.15. The van der Waals surface area contributed by atoms with Crippen LogP contribution in [0.1, 0.15) is 44.8 Å². The van der Waals surface area contributed by atoms with Crippen molar-refractivity contribution in [3.63, 3.8) is 0 Å². The van der Waals surface area contributed by atoms with Crippen LogP contribution in [-0.2, 0) is 0 Å². The maximum Gasteiger partial charge on any atom is 0.0793 e. The molecular formula is C13H19IO. The molecule has 1 atom stereocenters. The van der Waals surface area contributed by atoms with Crippen molar-refractivity contribution in [1.29, 1.82) is 0 Å². The highest BCUT2D eigenvalue weighted by molar-refractivity contribution is 14.1. The van der Waals surface area contributed by atoms with E-state index in [4.69, 9.17) is 0 Å². The first-order valence-electron chi connectivity index (χ1n) is 5.60. The summed E-state index contributed by atoms with van der Waals surface area (Å²) in [6, 6.07) is 8.13. The first-order chi connectivity index (χ1) is 7.17. The van der Waals surface area contributed by atoms with Crippen LogP contribution >= 0.6 is 22.6 Å². The van der Waals surface area contributed by atoms with Gasteiger partial charge >= 0.3 is 0 Å². The zero-order valence-electron chi connectivity index (χ0n) is 9.41. The number of rotatable bonds is 5. The minimum Gasteiger partial charge on any atom is -0.388 e. The highest BCUT2D eigenvalue weighted by Gasteiger charge is 2.13. The summed E-state index contributed by atoms with van der Waals surface area (Å²) in [5.74, 6) is 0.637. The van der Waals surface area contributed by atoms with Crippen LogP contribution in [0.25, 0.3) is 0 Å². The van der Waals surface area contributed by atoms with Crippen LogP contribution in [0.3, 0.4) is 0 Å². The minimum absolute atomic E-state index is 0.301. The van der Waals surface area contributed by atoms with Crippen molar-refractivity contribution in [2.24, 2.45) is 5.92 Å². The third-order valence-corrected chi connectivity index (χ3v) is 3.62. The molecule has 1 aromatic rings. The average Bonchev–Trinajstić information content (AvgIpc) is 2.25. The number of aliphatic hydroxyl groups excluding tert-OH is 1. The van der Waals surface area contributed by atoms with Gasteiger partial charge in [0.15, 0.2) is 0 Å². The molecule has 0 aliphatic heterocycles. The van der Waals surface area contributed by atoms with Gasteiger partial charge in [-0.15, -0.1) is 0 Å². The topological polar surface area (TPSA) is 20.2 Å². The number of aliphatic hydroxyl groups is 1. The molecule has 0 spiro atoms. The lowest BCUT2D eigenvalue weighted by Crippen LogP contribution is -2.06. The zero-order valence-corrected chi connectivity index (χ0v) is 11.6. The molecule has 0 saturated carbocycles. The summed E-state index contributed by atoms with van der Waals surface area (Å²) in [6.07, 6.45) is 2.88. The Morgan fingerprint density at radius 1 is 1.27 bits per heavy atom. The molecule has 0 radical (unpaired) electrons. The smallest absolute Gasteiger partial charge is 0.0793 e. The third kappa shape index (κ3) is 4.11. The fraction of sp³-hybridized carbons (Fsp3) is 0.538. The van der Waals surface area contributed by atoms with E-state index in [-0.39, 0.29) is 6.10 Å². The summed E-state index contributed by atoms with van der Waals surface area (Å²) in [4.78, 5) is 0. The van der Waals surface area contributed by atoms with E-state index in [1.165, 1.54) is 3.57 Å². The monoisotopic (exact) mass is 318 g/mol. The lowest BCUT2D eigenvalue weighted by Gasteiger charge is -2.17. The third-order valence-electron chi connectivity index (χ3n) is 2.94. The fourth-order valence-electron chi connectivity index (χ4n) is 1.79. The molecule has 1 aromatic carbocycles. The van der Waals surface area contributed by atoms with Gasteiger partial charge in [0.2, 0.25) is 0 Å². The van der Waals surface area contributed by atoms with Crippen LogP contribution in [-0.4, -0.2) is 5.11 Å². The Labute approximate surface area is 106 Å². The standard InChI is InChI=1S/C13H19IO/c1-3-10(4-2)8-13(15)11-6-5-7-12(14)9-11/h5-7,9-10,13,15H,3-4,8H2,1-2H3. The first kappa shape index (κ1) is 13.0. The molecule has 1 unspecified atom stereocenters. The molecule has 15 heavy (non-hydrogen) atoms. The van der Waals surface area contributed by atoms with Crippen LogP contribution in [0.5, 0.6) is 0 Å². The van der Waals surface area contributed by atoms with Crippen molar-refractivity contribution in [1.82, 2.24) is 0 Å². The lowest BCUT2D eigenvalue weighted by atomic mass is 9.93. The molecule has 1 nitrogen and oxygen atoms in total. The van der Waals surface area contributed by atoms with E-state index in [0.29, 0.717) is 5.92 Å². The van der Waals surface area contributed by atoms with Crippen LogP contribution in [0, 0.1) is 9.49 Å². The molecule has 0 amide bonds. The fourth-order valence-corrected chi connectivity index (χ4v) is 2.35. The largest absolute Gasteiger partial charge is 0.388 e. The Kier molecular flexibility index (Phi) is 5.61. The summed E-state index contributed by atoms with van der Waals surface area (Å²) < 4.78 is 1.19. The van der Waals surface area contributed by atoms with E-state index in [9.17, 15) is 5.11 Å². The highest BCUT2D eigenvalue weighted by Crippen LogP contribution is 2.25. The van der Waals surface area contributed by atoms with Crippen LogP contribution in [0.4, 0.5) is 0 Å². The number of hydrogen-bond donors (Lipinski definition) is 1. The zero-order chi connectivity index (χ0) is 11.3. The molecule has 84 valence electrons. The van der Waals surface area contributed by atoms with E-state index < -0.39 is 0 Å². The molecule has 1 N–H and O–H groups in total. The van der Waals surface area contributed by atoms with E-state index >= 15 is 0 Å². The molecule has 0 bridgehead atoms. The van der Waals surface area contributed by atoms with Gasteiger partial charge in [-0.2, -0.15) is 0 Å². The van der Waals surface area contributed by atoms with E-state index in [0.717, 1.165) is 24.8 Å². The summed E-state index contributed by atoms with van der Waals surface area (Å²) in [5.41, 5.74) is 1.05. The summed E-state index contributed by atoms with van der Waals surface area (Å²) >= 11 is 2.28. The van der Waals surface area contributed by atoms with Crippen molar-refractivity contribution in [3.05, 3.63) is 33.4 Å². The molecular weight excluding hydrogens is 299 g/mol. The number of hydrogen-bond acceptors (Lipinski definition) is 1. The number of benzene rings is 1. The van der Waals surface area contributed by atoms with Crippen molar-refractivity contribution in [2.75, 3.05) is 0 Å². The van der Waals surface area contributed by atoms with Gasteiger partial charge in [-0.25, -0.2) is 0 Å². The Hall–Kier alpha value is -0.0900. The maximum atomic E-state index is 10.1.